The van der Waals surface area contributed by atoms with Crippen molar-refractivity contribution >= 4 is 0 Å². The lowest BCUT2D eigenvalue weighted by atomic mass is 9.80. The number of aryl methyl sites for hydroxylation is 1. The van der Waals surface area contributed by atoms with Crippen LogP contribution in [0.1, 0.15) is 69.3 Å². The Kier molecular flexibility index (Phi) is 3.32. The predicted molar refractivity (Wildman–Crippen MR) is 68.8 cm³/mol. The third-order valence-electron chi connectivity index (χ3n) is 3.74. The van der Waals surface area contributed by atoms with Gasteiger partial charge in [-0.3, -0.25) is 4.98 Å². The summed E-state index contributed by atoms with van der Waals surface area (Å²) in [6.45, 7) is 9.09. The number of aromatic nitrogens is 1. The van der Waals surface area contributed by atoms with Gasteiger partial charge >= 0.3 is 0 Å². The number of nitrogens with zero attached hydrogens (tertiary/aromatic N) is 1. The second-order valence-corrected chi connectivity index (χ2v) is 5.68. The van der Waals surface area contributed by atoms with Gasteiger partial charge in [0, 0.05) is 17.3 Å². The van der Waals surface area contributed by atoms with E-state index in [1.54, 1.807) is 0 Å². The largest absolute Gasteiger partial charge is 0.257 e. The molecular weight excluding hydrogens is 194 g/mol. The van der Waals surface area contributed by atoms with Gasteiger partial charge in [0.05, 0.1) is 0 Å². The smallest absolute Gasteiger partial charge is 0.0472 e. The molecule has 0 fully saturated rings. The highest BCUT2D eigenvalue weighted by molar-refractivity contribution is 5.29. The monoisotopic (exact) mass is 217 g/mol. The summed E-state index contributed by atoms with van der Waals surface area (Å²) in [6.07, 6.45) is 3.88. The van der Waals surface area contributed by atoms with Crippen molar-refractivity contribution < 1.29 is 0 Å². The zero-order chi connectivity index (χ0) is 11.7. The van der Waals surface area contributed by atoms with Gasteiger partial charge in [-0.25, -0.2) is 0 Å². The van der Waals surface area contributed by atoms with E-state index in [1.807, 2.05) is 0 Å². The van der Waals surface area contributed by atoms with Crippen molar-refractivity contribution in [2.24, 2.45) is 5.92 Å². The molecule has 1 atom stereocenters. The van der Waals surface area contributed by atoms with Gasteiger partial charge in [0.25, 0.3) is 0 Å². The molecule has 1 heterocycles. The molecule has 0 N–H and O–H groups in total. The van der Waals surface area contributed by atoms with Gasteiger partial charge in [0.15, 0.2) is 0 Å². The first-order valence-corrected chi connectivity index (χ1v) is 6.59. The Balaban J connectivity index is 2.40. The zero-order valence-electron chi connectivity index (χ0n) is 11.0. The summed E-state index contributed by atoms with van der Waals surface area (Å²) in [5.74, 6) is 1.94. The molecule has 88 valence electrons. The standard InChI is InChI=1S/C15H23N/c1-10(2)13-7-5-6-12-8-9-14(11(3)4)16-15(12)13/h8-11,13H,5-7H2,1-4H3. The topological polar surface area (TPSA) is 12.9 Å². The molecule has 1 aromatic rings. The Labute approximate surface area is 99.3 Å². The molecule has 0 radical (unpaired) electrons. The van der Waals surface area contributed by atoms with Crippen LogP contribution < -0.4 is 0 Å². The molecular formula is C15H23N. The van der Waals surface area contributed by atoms with E-state index in [2.05, 4.69) is 39.8 Å². The number of rotatable bonds is 2. The molecule has 0 aromatic carbocycles. The molecule has 1 heteroatoms. The first-order chi connectivity index (χ1) is 7.59. The fourth-order valence-electron chi connectivity index (χ4n) is 2.67. The van der Waals surface area contributed by atoms with Crippen molar-refractivity contribution in [1.82, 2.24) is 4.98 Å². The van der Waals surface area contributed by atoms with Crippen LogP contribution in [-0.4, -0.2) is 4.98 Å². The minimum Gasteiger partial charge on any atom is -0.257 e. The second-order valence-electron chi connectivity index (χ2n) is 5.68. The fourth-order valence-corrected chi connectivity index (χ4v) is 2.67. The average Bonchev–Trinajstić information content (AvgIpc) is 2.27. The highest BCUT2D eigenvalue weighted by atomic mass is 14.7. The van der Waals surface area contributed by atoms with E-state index in [0.717, 1.165) is 0 Å². The maximum atomic E-state index is 4.92. The van der Waals surface area contributed by atoms with Crippen molar-refractivity contribution in [2.75, 3.05) is 0 Å². The van der Waals surface area contributed by atoms with E-state index in [9.17, 15) is 0 Å². The van der Waals surface area contributed by atoms with Crippen LogP contribution in [0.4, 0.5) is 0 Å². The Hall–Kier alpha value is -0.850. The maximum Gasteiger partial charge on any atom is 0.0472 e. The summed E-state index contributed by atoms with van der Waals surface area (Å²) < 4.78 is 0. The number of fused-ring (bicyclic) bond motifs is 1. The summed E-state index contributed by atoms with van der Waals surface area (Å²) in [6, 6.07) is 4.53. The zero-order valence-corrected chi connectivity index (χ0v) is 11.0. The molecule has 0 amide bonds. The van der Waals surface area contributed by atoms with Gasteiger partial charge in [-0.15, -0.1) is 0 Å². The van der Waals surface area contributed by atoms with Gasteiger partial charge in [-0.05, 0) is 42.7 Å². The van der Waals surface area contributed by atoms with E-state index in [-0.39, 0.29) is 0 Å². The molecule has 1 aliphatic carbocycles. The minimum absolute atomic E-state index is 0.542. The van der Waals surface area contributed by atoms with Crippen molar-refractivity contribution in [2.45, 2.75) is 58.8 Å². The quantitative estimate of drug-likeness (QED) is 0.720. The van der Waals surface area contributed by atoms with Crippen molar-refractivity contribution in [3.05, 3.63) is 29.1 Å². The minimum atomic E-state index is 0.542. The van der Waals surface area contributed by atoms with Crippen LogP contribution in [0.25, 0.3) is 0 Å². The van der Waals surface area contributed by atoms with Crippen LogP contribution >= 0.6 is 0 Å². The molecule has 0 bridgehead atoms. The summed E-state index contributed by atoms with van der Waals surface area (Å²) in [7, 11) is 0. The van der Waals surface area contributed by atoms with Crippen molar-refractivity contribution in [1.29, 1.82) is 0 Å². The van der Waals surface area contributed by atoms with Crippen LogP contribution in [-0.2, 0) is 6.42 Å². The number of hydrogen-bond acceptors (Lipinski definition) is 1. The third kappa shape index (κ3) is 2.14. The molecule has 2 rings (SSSR count). The van der Waals surface area contributed by atoms with E-state index in [0.29, 0.717) is 17.8 Å². The Morgan fingerprint density at radius 3 is 2.56 bits per heavy atom. The average molecular weight is 217 g/mol. The van der Waals surface area contributed by atoms with Crippen molar-refractivity contribution in [3.8, 4) is 0 Å². The predicted octanol–water partition coefficient (Wildman–Crippen LogP) is 4.28. The SMILES string of the molecule is CC(C)c1ccc2c(n1)C(C(C)C)CCC2. The highest BCUT2D eigenvalue weighted by Crippen LogP contribution is 2.36. The summed E-state index contributed by atoms with van der Waals surface area (Å²) in [5, 5.41) is 0. The van der Waals surface area contributed by atoms with Crippen LogP contribution in [0.5, 0.6) is 0 Å². The summed E-state index contributed by atoms with van der Waals surface area (Å²) in [4.78, 5) is 4.92. The molecule has 1 aromatic heterocycles. The lowest BCUT2D eigenvalue weighted by molar-refractivity contribution is 0.421. The summed E-state index contributed by atoms with van der Waals surface area (Å²) in [5.41, 5.74) is 4.15. The first kappa shape index (κ1) is 11.6. The van der Waals surface area contributed by atoms with E-state index < -0.39 is 0 Å². The first-order valence-electron chi connectivity index (χ1n) is 6.59. The van der Waals surface area contributed by atoms with E-state index in [1.165, 1.54) is 36.2 Å². The fraction of sp³-hybridized carbons (Fsp3) is 0.667. The van der Waals surface area contributed by atoms with Crippen LogP contribution in [0.3, 0.4) is 0 Å². The molecule has 1 aliphatic rings. The van der Waals surface area contributed by atoms with Crippen molar-refractivity contribution in [3.63, 3.8) is 0 Å². The molecule has 1 nitrogen and oxygen atoms in total. The Bertz CT molecular complexity index is 366. The maximum absolute atomic E-state index is 4.92. The lowest BCUT2D eigenvalue weighted by Crippen LogP contribution is -2.17. The highest BCUT2D eigenvalue weighted by Gasteiger charge is 2.24. The summed E-state index contributed by atoms with van der Waals surface area (Å²) >= 11 is 0. The van der Waals surface area contributed by atoms with Gasteiger partial charge in [0.2, 0.25) is 0 Å². The Morgan fingerprint density at radius 1 is 1.19 bits per heavy atom. The van der Waals surface area contributed by atoms with Gasteiger partial charge in [-0.2, -0.15) is 0 Å². The lowest BCUT2D eigenvalue weighted by Gasteiger charge is -2.28. The van der Waals surface area contributed by atoms with E-state index in [4.69, 9.17) is 4.98 Å². The molecule has 16 heavy (non-hydrogen) atoms. The van der Waals surface area contributed by atoms with Gasteiger partial charge < -0.3 is 0 Å². The molecule has 0 aliphatic heterocycles. The van der Waals surface area contributed by atoms with Crippen LogP contribution in [0.15, 0.2) is 12.1 Å². The molecule has 1 unspecified atom stereocenters. The van der Waals surface area contributed by atoms with Gasteiger partial charge in [-0.1, -0.05) is 33.8 Å². The number of pyridine rings is 1. The van der Waals surface area contributed by atoms with Crippen LogP contribution in [0, 0.1) is 5.92 Å². The molecule has 0 saturated heterocycles. The number of hydrogen-bond donors (Lipinski definition) is 0. The molecule has 0 saturated carbocycles. The normalized spacial score (nSPS) is 20.2. The van der Waals surface area contributed by atoms with Crippen LogP contribution in [0.2, 0.25) is 0 Å². The van der Waals surface area contributed by atoms with Gasteiger partial charge in [0.1, 0.15) is 0 Å². The Morgan fingerprint density at radius 2 is 1.94 bits per heavy atom. The second kappa shape index (κ2) is 4.57. The molecule has 0 spiro atoms. The van der Waals surface area contributed by atoms with E-state index >= 15 is 0 Å². The third-order valence-corrected chi connectivity index (χ3v) is 3.74.